The molecule has 49 heavy (non-hydrogen) atoms. The third kappa shape index (κ3) is 8.78. The monoisotopic (exact) mass is 658 g/mol. The largest absolute Gasteiger partial charge is 0.489 e. The number of aliphatic hydroxyl groups excluding tert-OH is 1. The number of carbonyl (C=O) groups excluding carboxylic acids is 2. The number of rotatable bonds is 13. The summed E-state index contributed by atoms with van der Waals surface area (Å²) >= 11 is 0. The minimum atomic E-state index is -0.768. The number of nitrogens with one attached hydrogen (secondary N) is 1. The zero-order valence-electron chi connectivity index (χ0n) is 28.2. The molecule has 5 aromatic rings. The average Bonchev–Trinajstić information content (AvgIpc) is 3.51. The highest BCUT2D eigenvalue weighted by molar-refractivity contribution is 5.92. The summed E-state index contributed by atoms with van der Waals surface area (Å²) in [5, 5.41) is 15.9. The summed E-state index contributed by atoms with van der Waals surface area (Å²) in [5.41, 5.74) is 4.57. The zero-order chi connectivity index (χ0) is 34.0. The van der Waals surface area contributed by atoms with Gasteiger partial charge in [-0.25, -0.2) is 4.79 Å². The van der Waals surface area contributed by atoms with Crippen molar-refractivity contribution in [2.24, 2.45) is 11.8 Å². The van der Waals surface area contributed by atoms with Crippen molar-refractivity contribution < 1.29 is 24.2 Å². The van der Waals surface area contributed by atoms with Crippen molar-refractivity contribution in [2.45, 2.75) is 77.2 Å². The van der Waals surface area contributed by atoms with E-state index in [1.807, 2.05) is 122 Å². The van der Waals surface area contributed by atoms with Crippen molar-refractivity contribution in [3.05, 3.63) is 138 Å². The van der Waals surface area contributed by atoms with Crippen LogP contribution in [0.5, 0.6) is 5.75 Å². The minimum absolute atomic E-state index is 0.0806. The molecular weight excluding hydrogens is 612 g/mol. The molecule has 7 nitrogen and oxygen atoms in total. The van der Waals surface area contributed by atoms with Crippen molar-refractivity contribution in [2.75, 3.05) is 0 Å². The molecule has 0 aliphatic heterocycles. The van der Waals surface area contributed by atoms with Crippen LogP contribution in [0.25, 0.3) is 10.9 Å². The highest BCUT2D eigenvalue weighted by Crippen LogP contribution is 2.33. The van der Waals surface area contributed by atoms with Crippen molar-refractivity contribution in [1.82, 2.24) is 9.88 Å². The van der Waals surface area contributed by atoms with E-state index in [0.717, 1.165) is 64.6 Å². The molecule has 1 aromatic heterocycles. The summed E-state index contributed by atoms with van der Waals surface area (Å²) in [5.74, 6) is -0.00661. The molecule has 254 valence electrons. The van der Waals surface area contributed by atoms with Gasteiger partial charge in [-0.2, -0.15) is 0 Å². The van der Waals surface area contributed by atoms with Gasteiger partial charge in [-0.15, -0.1) is 0 Å². The fourth-order valence-corrected chi connectivity index (χ4v) is 7.04. The van der Waals surface area contributed by atoms with Crippen LogP contribution in [0.3, 0.4) is 0 Å². The van der Waals surface area contributed by atoms with Gasteiger partial charge in [0, 0.05) is 17.6 Å². The quantitative estimate of drug-likeness (QED) is 0.133. The van der Waals surface area contributed by atoms with Crippen LogP contribution in [0.1, 0.15) is 61.3 Å². The van der Waals surface area contributed by atoms with Gasteiger partial charge in [0.25, 0.3) is 0 Å². The number of benzene rings is 4. The first-order chi connectivity index (χ1) is 24.0. The first-order valence-corrected chi connectivity index (χ1v) is 17.5. The van der Waals surface area contributed by atoms with Crippen LogP contribution in [-0.4, -0.2) is 33.8 Å². The summed E-state index contributed by atoms with van der Waals surface area (Å²) in [6.07, 6.45) is 6.63. The van der Waals surface area contributed by atoms with Crippen LogP contribution in [0, 0.1) is 11.8 Å². The maximum absolute atomic E-state index is 14.1. The molecule has 2 N–H and O–H groups in total. The second-order valence-corrected chi connectivity index (χ2v) is 13.3. The van der Waals surface area contributed by atoms with E-state index in [9.17, 15) is 14.7 Å². The molecule has 1 saturated carbocycles. The molecule has 3 atom stereocenters. The number of hydrogen-bond donors (Lipinski definition) is 2. The number of para-hydroxylation sites is 2. The van der Waals surface area contributed by atoms with Gasteiger partial charge in [0.15, 0.2) is 0 Å². The lowest BCUT2D eigenvalue weighted by Crippen LogP contribution is -2.46. The normalized spacial score (nSPS) is 15.3. The Hall–Kier alpha value is -4.88. The Kier molecular flexibility index (Phi) is 11.4. The topological polar surface area (TPSA) is 89.8 Å². The molecule has 0 radical (unpaired) electrons. The maximum Gasteiger partial charge on any atom is 0.418 e. The van der Waals surface area contributed by atoms with E-state index >= 15 is 0 Å². The molecule has 2 unspecified atom stereocenters. The first kappa shape index (κ1) is 34.0. The number of nitrogens with zero attached hydrogens (tertiary/aromatic N) is 1. The highest BCUT2D eigenvalue weighted by Gasteiger charge is 2.35. The average molecular weight is 659 g/mol. The smallest absolute Gasteiger partial charge is 0.418 e. The van der Waals surface area contributed by atoms with Crippen LogP contribution < -0.4 is 10.1 Å². The Morgan fingerprint density at radius 3 is 2.14 bits per heavy atom. The Morgan fingerprint density at radius 1 is 0.776 bits per heavy atom. The van der Waals surface area contributed by atoms with E-state index in [1.54, 1.807) is 4.57 Å². The number of aromatic nitrogens is 1. The molecule has 1 fully saturated rings. The first-order valence-electron chi connectivity index (χ1n) is 17.5. The molecule has 0 spiro atoms. The summed E-state index contributed by atoms with van der Waals surface area (Å²) in [7, 11) is 0. The van der Waals surface area contributed by atoms with Crippen LogP contribution in [-0.2, 0) is 35.6 Å². The molecule has 6 rings (SSSR count). The van der Waals surface area contributed by atoms with Gasteiger partial charge in [0.2, 0.25) is 5.91 Å². The van der Waals surface area contributed by atoms with Gasteiger partial charge in [0.05, 0.1) is 17.5 Å². The number of amides is 1. The second kappa shape index (κ2) is 16.5. The lowest BCUT2D eigenvalue weighted by atomic mass is 9.78. The van der Waals surface area contributed by atoms with Crippen molar-refractivity contribution in [1.29, 1.82) is 0 Å². The van der Waals surface area contributed by atoms with Gasteiger partial charge < -0.3 is 19.9 Å². The molecule has 0 saturated heterocycles. The van der Waals surface area contributed by atoms with Crippen LogP contribution in [0.2, 0.25) is 0 Å². The number of ether oxygens (including phenoxy) is 2. The number of fused-ring (bicyclic) bond motifs is 1. The predicted octanol–water partition coefficient (Wildman–Crippen LogP) is 8.25. The number of carbonyl (C=O) groups is 2. The van der Waals surface area contributed by atoms with Gasteiger partial charge in [-0.05, 0) is 72.9 Å². The Morgan fingerprint density at radius 2 is 1.41 bits per heavy atom. The van der Waals surface area contributed by atoms with Crippen molar-refractivity contribution in [3.8, 4) is 5.75 Å². The van der Waals surface area contributed by atoms with Crippen molar-refractivity contribution >= 4 is 22.9 Å². The zero-order valence-corrected chi connectivity index (χ0v) is 28.2. The fraction of sp³-hybridized carbons (Fsp3) is 0.333. The molecule has 1 aliphatic carbocycles. The predicted molar refractivity (Wildman–Crippen MR) is 192 cm³/mol. The maximum atomic E-state index is 14.1. The lowest BCUT2D eigenvalue weighted by molar-refractivity contribution is -0.131. The lowest BCUT2D eigenvalue weighted by Gasteiger charge is -2.32. The molecular formula is C42H46N2O5. The summed E-state index contributed by atoms with van der Waals surface area (Å²) in [4.78, 5) is 27.3. The van der Waals surface area contributed by atoms with Crippen molar-refractivity contribution in [3.63, 3.8) is 0 Å². The Labute approximate surface area is 288 Å². The molecule has 7 heteroatoms. The third-order valence-electron chi connectivity index (χ3n) is 9.64. The standard InChI is InChI=1S/C42H46N2O5/c1-30(25-35-27-44(38-23-13-12-22-36(35)38)42(47)49-29-32-17-7-3-8-18-32)43-41(46)37(40(45)33-19-9-4-10-20-33)26-34-21-11-14-24-39(34)48-28-31-15-5-2-6-16-31/h2-3,5-8,11-18,21-24,27,30,33,37,40,45H,4,9-10,19-20,25-26,28-29H2,1H3,(H,43,46)/t30-,37?,40?/m1/s1. The minimum Gasteiger partial charge on any atom is -0.489 e. The summed E-state index contributed by atoms with van der Waals surface area (Å²) in [6.45, 7) is 2.57. The third-order valence-corrected chi connectivity index (χ3v) is 9.64. The van der Waals surface area contributed by atoms with E-state index in [-0.39, 0.29) is 24.5 Å². The number of hydrogen-bond acceptors (Lipinski definition) is 5. The van der Waals surface area contributed by atoms with E-state index in [1.165, 1.54) is 6.42 Å². The van der Waals surface area contributed by atoms with Crippen LogP contribution in [0.4, 0.5) is 4.79 Å². The summed E-state index contributed by atoms with van der Waals surface area (Å²) < 4.78 is 13.4. The molecule has 1 heterocycles. The van der Waals surface area contributed by atoms with E-state index in [4.69, 9.17) is 9.47 Å². The van der Waals surface area contributed by atoms with E-state index in [0.29, 0.717) is 19.4 Å². The van der Waals surface area contributed by atoms with E-state index < -0.39 is 18.1 Å². The van der Waals surface area contributed by atoms with Crippen LogP contribution >= 0.6 is 0 Å². The Bertz CT molecular complexity index is 1810. The van der Waals surface area contributed by atoms with E-state index in [2.05, 4.69) is 5.32 Å². The van der Waals surface area contributed by atoms with Gasteiger partial charge in [0.1, 0.15) is 19.0 Å². The Balaban J connectivity index is 1.17. The van der Waals surface area contributed by atoms with Gasteiger partial charge in [-0.3, -0.25) is 9.36 Å². The molecule has 1 amide bonds. The number of aliphatic hydroxyl groups is 1. The summed E-state index contributed by atoms with van der Waals surface area (Å²) in [6, 6.07) is 34.9. The van der Waals surface area contributed by atoms with Crippen LogP contribution in [0.15, 0.2) is 115 Å². The highest BCUT2D eigenvalue weighted by atomic mass is 16.5. The van der Waals surface area contributed by atoms with Gasteiger partial charge in [-0.1, -0.05) is 116 Å². The molecule has 1 aliphatic rings. The molecule has 4 aromatic carbocycles. The van der Waals surface area contributed by atoms with Gasteiger partial charge >= 0.3 is 6.09 Å². The SMILES string of the molecule is C[C@H](Cc1cn(C(=O)OCc2ccccc2)c2ccccc12)NC(=O)C(Cc1ccccc1OCc1ccccc1)C(O)C1CCCCC1. The second-order valence-electron chi connectivity index (χ2n) is 13.3. The fourth-order valence-electron chi connectivity index (χ4n) is 7.04. The molecule has 0 bridgehead atoms.